The van der Waals surface area contributed by atoms with Gasteiger partial charge in [-0.05, 0) is 39.3 Å². The molecule has 1 aliphatic heterocycles. The third-order valence-electron chi connectivity index (χ3n) is 4.09. The average molecular weight is 297 g/mol. The van der Waals surface area contributed by atoms with Crippen LogP contribution >= 0.6 is 0 Å². The summed E-state index contributed by atoms with van der Waals surface area (Å²) < 4.78 is 0. The van der Waals surface area contributed by atoms with Gasteiger partial charge in [0.05, 0.1) is 0 Å². The molecule has 3 rings (SSSR count). The molecule has 0 aliphatic carbocycles. The molecule has 2 aromatic rings. The van der Waals surface area contributed by atoms with Crippen molar-refractivity contribution in [3.05, 3.63) is 36.3 Å². The number of aryl methyl sites for hydroxylation is 1. The van der Waals surface area contributed by atoms with Crippen LogP contribution in [0.3, 0.4) is 0 Å². The Morgan fingerprint density at radius 2 is 2.00 bits per heavy atom. The van der Waals surface area contributed by atoms with Gasteiger partial charge in [-0.2, -0.15) is 0 Å². The average Bonchev–Trinajstić information content (AvgIpc) is 2.96. The molecule has 0 aromatic carbocycles. The lowest BCUT2D eigenvalue weighted by Gasteiger charge is -2.20. The van der Waals surface area contributed by atoms with Gasteiger partial charge >= 0.3 is 0 Å². The smallest absolute Gasteiger partial charge is 0.161 e. The summed E-state index contributed by atoms with van der Waals surface area (Å²) in [5.74, 6) is 1.67. The van der Waals surface area contributed by atoms with E-state index in [9.17, 15) is 0 Å². The van der Waals surface area contributed by atoms with Gasteiger partial charge in [-0.15, -0.1) is 0 Å². The number of aromatic nitrogens is 3. The molecule has 1 N–H and O–H groups in total. The van der Waals surface area contributed by atoms with E-state index >= 15 is 0 Å². The summed E-state index contributed by atoms with van der Waals surface area (Å²) >= 11 is 0. The van der Waals surface area contributed by atoms with Crippen LogP contribution in [0.25, 0.3) is 11.4 Å². The fourth-order valence-electron chi connectivity index (χ4n) is 2.86. The maximum absolute atomic E-state index is 4.67. The Labute approximate surface area is 131 Å². The minimum Gasteiger partial charge on any atom is -0.366 e. The summed E-state index contributed by atoms with van der Waals surface area (Å²) in [4.78, 5) is 15.7. The van der Waals surface area contributed by atoms with Gasteiger partial charge in [-0.25, -0.2) is 9.97 Å². The predicted molar refractivity (Wildman–Crippen MR) is 88.7 cm³/mol. The Balaban J connectivity index is 1.76. The number of likely N-dealkylation sites (tertiary alicyclic amines) is 1. The lowest BCUT2D eigenvalue weighted by atomic mass is 10.2. The fraction of sp³-hybridized carbons (Fsp3) is 0.471. The Hall–Kier alpha value is -2.01. The van der Waals surface area contributed by atoms with Crippen molar-refractivity contribution in [1.82, 2.24) is 19.9 Å². The molecule has 1 fully saturated rings. The number of nitrogens with one attached hydrogen (secondary N) is 1. The van der Waals surface area contributed by atoms with Crippen molar-refractivity contribution >= 4 is 5.82 Å². The van der Waals surface area contributed by atoms with Crippen molar-refractivity contribution in [2.24, 2.45) is 0 Å². The molecule has 0 amide bonds. The molecule has 1 aliphatic rings. The number of nitrogens with zero attached hydrogens (tertiary/aromatic N) is 4. The highest BCUT2D eigenvalue weighted by Gasteiger charge is 2.24. The van der Waals surface area contributed by atoms with E-state index in [1.165, 1.54) is 0 Å². The molecule has 1 atom stereocenters. The third kappa shape index (κ3) is 3.42. The highest BCUT2D eigenvalue weighted by atomic mass is 15.2. The first-order valence-electron chi connectivity index (χ1n) is 7.88. The van der Waals surface area contributed by atoms with Crippen LogP contribution < -0.4 is 5.32 Å². The summed E-state index contributed by atoms with van der Waals surface area (Å²) in [6.45, 7) is 8.73. The van der Waals surface area contributed by atoms with E-state index in [1.807, 2.05) is 25.1 Å². The lowest BCUT2D eigenvalue weighted by Crippen LogP contribution is -2.31. The molecule has 0 saturated carbocycles. The van der Waals surface area contributed by atoms with Crippen molar-refractivity contribution in [3.8, 4) is 11.4 Å². The molecule has 0 bridgehead atoms. The summed E-state index contributed by atoms with van der Waals surface area (Å²) in [5.41, 5.74) is 1.97. The van der Waals surface area contributed by atoms with Crippen molar-refractivity contribution in [2.75, 3.05) is 18.4 Å². The van der Waals surface area contributed by atoms with Crippen molar-refractivity contribution in [3.63, 3.8) is 0 Å². The largest absolute Gasteiger partial charge is 0.366 e. The molecule has 0 radical (unpaired) electrons. The molecule has 5 nitrogen and oxygen atoms in total. The monoisotopic (exact) mass is 297 g/mol. The molecule has 22 heavy (non-hydrogen) atoms. The second-order valence-electron chi connectivity index (χ2n) is 6.17. The zero-order valence-corrected chi connectivity index (χ0v) is 13.5. The molecule has 0 spiro atoms. The third-order valence-corrected chi connectivity index (χ3v) is 4.09. The topological polar surface area (TPSA) is 53.9 Å². The first-order valence-corrected chi connectivity index (χ1v) is 7.88. The van der Waals surface area contributed by atoms with Crippen LogP contribution in [0, 0.1) is 6.92 Å². The van der Waals surface area contributed by atoms with E-state index in [1.54, 1.807) is 12.4 Å². The summed E-state index contributed by atoms with van der Waals surface area (Å²) in [6.07, 6.45) is 4.70. The first kappa shape index (κ1) is 14.9. The summed E-state index contributed by atoms with van der Waals surface area (Å²) in [6, 6.07) is 6.96. The number of pyridine rings is 1. The van der Waals surface area contributed by atoms with Gasteiger partial charge < -0.3 is 5.32 Å². The van der Waals surface area contributed by atoms with Gasteiger partial charge in [0.2, 0.25) is 0 Å². The molecule has 3 heterocycles. The van der Waals surface area contributed by atoms with E-state index in [0.717, 1.165) is 42.4 Å². The zero-order chi connectivity index (χ0) is 15.5. The van der Waals surface area contributed by atoms with Crippen LogP contribution in [0.1, 0.15) is 26.0 Å². The molecular formula is C17H23N5. The van der Waals surface area contributed by atoms with E-state index in [-0.39, 0.29) is 0 Å². The SMILES string of the molecule is Cc1cc(NC2CCN(C(C)C)C2)nc(-c2ccncc2)n1. The normalized spacial score (nSPS) is 18.8. The van der Waals surface area contributed by atoms with Crippen molar-refractivity contribution < 1.29 is 0 Å². The Bertz CT molecular complexity index is 626. The Morgan fingerprint density at radius 3 is 2.68 bits per heavy atom. The van der Waals surface area contributed by atoms with E-state index in [2.05, 4.69) is 39.0 Å². The Kier molecular flexibility index (Phi) is 4.34. The van der Waals surface area contributed by atoms with E-state index in [0.29, 0.717) is 12.1 Å². The minimum atomic E-state index is 0.460. The highest BCUT2D eigenvalue weighted by molar-refractivity contribution is 5.56. The summed E-state index contributed by atoms with van der Waals surface area (Å²) in [5, 5.41) is 3.57. The van der Waals surface area contributed by atoms with Gasteiger partial charge in [0.15, 0.2) is 5.82 Å². The van der Waals surface area contributed by atoms with Crippen LogP contribution in [0.15, 0.2) is 30.6 Å². The second kappa shape index (κ2) is 6.40. The molecule has 1 saturated heterocycles. The fourth-order valence-corrected chi connectivity index (χ4v) is 2.86. The van der Waals surface area contributed by atoms with Gasteiger partial charge in [-0.3, -0.25) is 9.88 Å². The quantitative estimate of drug-likeness (QED) is 0.940. The Morgan fingerprint density at radius 1 is 1.23 bits per heavy atom. The van der Waals surface area contributed by atoms with E-state index in [4.69, 9.17) is 0 Å². The summed E-state index contributed by atoms with van der Waals surface area (Å²) in [7, 11) is 0. The number of rotatable bonds is 4. The van der Waals surface area contributed by atoms with Gasteiger partial charge in [0, 0.05) is 54.9 Å². The highest BCUT2D eigenvalue weighted by Crippen LogP contribution is 2.20. The molecule has 1 unspecified atom stereocenters. The van der Waals surface area contributed by atoms with Gasteiger partial charge in [-0.1, -0.05) is 0 Å². The number of hydrogen-bond acceptors (Lipinski definition) is 5. The maximum Gasteiger partial charge on any atom is 0.161 e. The number of hydrogen-bond donors (Lipinski definition) is 1. The van der Waals surface area contributed by atoms with Crippen LogP contribution in [-0.2, 0) is 0 Å². The van der Waals surface area contributed by atoms with Crippen molar-refractivity contribution in [1.29, 1.82) is 0 Å². The lowest BCUT2D eigenvalue weighted by molar-refractivity contribution is 0.274. The molecular weight excluding hydrogens is 274 g/mol. The zero-order valence-electron chi connectivity index (χ0n) is 13.5. The molecule has 2 aromatic heterocycles. The number of anilines is 1. The molecule has 116 valence electrons. The first-order chi connectivity index (χ1) is 10.6. The molecule has 5 heteroatoms. The maximum atomic E-state index is 4.67. The van der Waals surface area contributed by atoms with E-state index < -0.39 is 0 Å². The van der Waals surface area contributed by atoms with Crippen LogP contribution in [0.5, 0.6) is 0 Å². The predicted octanol–water partition coefficient (Wildman–Crippen LogP) is 2.74. The van der Waals surface area contributed by atoms with Crippen molar-refractivity contribution in [2.45, 2.75) is 39.3 Å². The second-order valence-corrected chi connectivity index (χ2v) is 6.17. The standard InChI is InChI=1S/C17H23N5/c1-12(2)22-9-6-15(11-22)20-16-10-13(3)19-17(21-16)14-4-7-18-8-5-14/h4-5,7-8,10,12,15H,6,9,11H2,1-3H3,(H,19,20,21). The van der Waals surface area contributed by atoms with Crippen LogP contribution in [0.4, 0.5) is 5.82 Å². The van der Waals surface area contributed by atoms with Crippen LogP contribution in [0.2, 0.25) is 0 Å². The van der Waals surface area contributed by atoms with Gasteiger partial charge in [0.1, 0.15) is 5.82 Å². The van der Waals surface area contributed by atoms with Crippen LogP contribution in [-0.4, -0.2) is 45.0 Å². The van der Waals surface area contributed by atoms with Gasteiger partial charge in [0.25, 0.3) is 0 Å². The minimum absolute atomic E-state index is 0.460.